The van der Waals surface area contributed by atoms with Gasteiger partial charge in [-0.2, -0.15) is 4.57 Å². The number of oxime groups is 1. The van der Waals surface area contributed by atoms with Crippen molar-refractivity contribution in [3.63, 3.8) is 0 Å². The molecule has 1 fully saturated rings. The van der Waals surface area contributed by atoms with Crippen molar-refractivity contribution < 1.29 is 28.9 Å². The predicted octanol–water partition coefficient (Wildman–Crippen LogP) is 1.02. The lowest BCUT2D eigenvalue weighted by Gasteiger charge is -2.49. The second-order valence-corrected chi connectivity index (χ2v) is 10.6. The van der Waals surface area contributed by atoms with Crippen LogP contribution >= 0.6 is 34.4 Å². The third kappa shape index (κ3) is 4.13. The number of carbonyl (C=O) groups excluding carboxylic acids is 2. The normalized spacial score (nSPS) is 20.0. The van der Waals surface area contributed by atoms with E-state index in [0.717, 1.165) is 21.6 Å². The molecule has 2 aliphatic heterocycles. The molecule has 0 aromatic carbocycles. The molecule has 5 rings (SSSR count). The van der Waals surface area contributed by atoms with E-state index in [1.807, 2.05) is 34.3 Å². The molecule has 4 N–H and O–H groups in total. The highest BCUT2D eigenvalue weighted by molar-refractivity contribution is 8.00. The summed E-state index contributed by atoms with van der Waals surface area (Å²) < 4.78 is 3.06. The number of hydrogen-bond acceptors (Lipinski definition) is 10. The molecule has 11 nitrogen and oxygen atoms in total. The maximum Gasteiger partial charge on any atom is 0.352 e. The van der Waals surface area contributed by atoms with Crippen molar-refractivity contribution in [3.05, 3.63) is 52.1 Å². The van der Waals surface area contributed by atoms with Crippen molar-refractivity contribution in [3.8, 4) is 0 Å². The number of nitrogens with one attached hydrogen (secondary N) is 1. The van der Waals surface area contributed by atoms with Gasteiger partial charge in [0, 0.05) is 28.8 Å². The van der Waals surface area contributed by atoms with Gasteiger partial charge in [-0.1, -0.05) is 5.16 Å². The molecule has 5 heterocycles. The summed E-state index contributed by atoms with van der Waals surface area (Å²) in [6.45, 7) is 0.339. The fourth-order valence-corrected chi connectivity index (χ4v) is 6.73. The molecule has 1 unspecified atom stereocenters. The smallest absolute Gasteiger partial charge is 0.352 e. The van der Waals surface area contributed by atoms with Crippen LogP contribution in [0.3, 0.4) is 0 Å². The second-order valence-electron chi connectivity index (χ2n) is 7.62. The van der Waals surface area contributed by atoms with Crippen molar-refractivity contribution in [1.82, 2.24) is 15.2 Å². The molecule has 0 aliphatic carbocycles. The number of hydrogen-bond donors (Lipinski definition) is 3. The summed E-state index contributed by atoms with van der Waals surface area (Å²) in [7, 11) is 1.29. The average Bonchev–Trinajstić information content (AvgIpc) is 3.49. The van der Waals surface area contributed by atoms with E-state index in [1.54, 1.807) is 16.7 Å². The minimum Gasteiger partial charge on any atom is -0.477 e. The molecule has 2 atom stereocenters. The number of amides is 2. The molecule has 35 heavy (non-hydrogen) atoms. The van der Waals surface area contributed by atoms with E-state index in [0.29, 0.717) is 17.9 Å². The Hall–Kier alpha value is -3.49. The van der Waals surface area contributed by atoms with E-state index >= 15 is 0 Å². The van der Waals surface area contributed by atoms with Crippen LogP contribution in [-0.4, -0.2) is 62.8 Å². The first-order chi connectivity index (χ1) is 16.9. The maximum atomic E-state index is 13.0. The third-order valence-corrected chi connectivity index (χ3v) is 8.44. The molecule has 3 aromatic rings. The zero-order valence-corrected chi connectivity index (χ0v) is 20.7. The molecule has 0 bridgehead atoms. The Morgan fingerprint density at radius 2 is 2.23 bits per heavy atom. The quantitative estimate of drug-likeness (QED) is 0.177. The Bertz CT molecular complexity index is 1410. The number of nitrogen functional groups attached to an aromatic ring is 1. The summed E-state index contributed by atoms with van der Waals surface area (Å²) in [6, 6.07) is 4.99. The van der Waals surface area contributed by atoms with Crippen LogP contribution in [0.25, 0.3) is 10.2 Å². The number of carboxylic acid groups (broad SMARTS) is 1. The summed E-state index contributed by atoms with van der Waals surface area (Å²) in [4.78, 5) is 48.2. The highest BCUT2D eigenvalue weighted by Crippen LogP contribution is 2.40. The first-order valence-corrected chi connectivity index (χ1v) is 13.1. The average molecular weight is 532 g/mol. The summed E-state index contributed by atoms with van der Waals surface area (Å²) in [5, 5.41) is 19.6. The van der Waals surface area contributed by atoms with Crippen LogP contribution in [0.15, 0.2) is 51.6 Å². The number of thiophene rings is 1. The number of carbonyl (C=O) groups is 3. The summed E-state index contributed by atoms with van der Waals surface area (Å²) in [6.07, 6.45) is 1.89. The fraction of sp³-hybridized carbons (Fsp3) is 0.238. The Kier molecular flexibility index (Phi) is 6.17. The topological polar surface area (TPSA) is 151 Å². The van der Waals surface area contributed by atoms with Gasteiger partial charge in [0.25, 0.3) is 11.8 Å². The Balaban J connectivity index is 1.38. The van der Waals surface area contributed by atoms with E-state index in [2.05, 4.69) is 15.5 Å². The molecule has 180 valence electrons. The fourth-order valence-electron chi connectivity index (χ4n) is 4.04. The highest BCUT2D eigenvalue weighted by Gasteiger charge is 2.54. The second kappa shape index (κ2) is 9.28. The van der Waals surface area contributed by atoms with Gasteiger partial charge >= 0.3 is 5.97 Å². The van der Waals surface area contributed by atoms with E-state index in [9.17, 15) is 19.5 Å². The van der Waals surface area contributed by atoms with Crippen LogP contribution in [0.2, 0.25) is 0 Å². The van der Waals surface area contributed by atoms with Crippen LogP contribution in [0, 0.1) is 0 Å². The number of rotatable bonds is 7. The summed E-state index contributed by atoms with van der Waals surface area (Å²) in [5.41, 5.74) is 7.33. The van der Waals surface area contributed by atoms with Gasteiger partial charge < -0.3 is 21.0 Å². The number of anilines is 1. The monoisotopic (exact) mass is 531 g/mol. The predicted molar refractivity (Wildman–Crippen MR) is 132 cm³/mol. The largest absolute Gasteiger partial charge is 0.477 e. The van der Waals surface area contributed by atoms with E-state index in [-0.39, 0.29) is 22.2 Å². The van der Waals surface area contributed by atoms with Crippen LogP contribution in [0.4, 0.5) is 5.13 Å². The number of β-lactam (4-membered cyclic amide) rings is 1. The van der Waals surface area contributed by atoms with Crippen molar-refractivity contribution in [2.24, 2.45) is 5.16 Å². The van der Waals surface area contributed by atoms with Gasteiger partial charge in [-0.3, -0.25) is 14.5 Å². The lowest BCUT2D eigenvalue weighted by Crippen LogP contribution is -2.71. The van der Waals surface area contributed by atoms with E-state index < -0.39 is 29.2 Å². The zero-order valence-electron chi connectivity index (χ0n) is 18.2. The van der Waals surface area contributed by atoms with Crippen LogP contribution in [0.1, 0.15) is 5.69 Å². The zero-order chi connectivity index (χ0) is 24.7. The van der Waals surface area contributed by atoms with E-state index in [1.165, 1.54) is 23.8 Å². The van der Waals surface area contributed by atoms with Gasteiger partial charge in [0.05, 0.1) is 4.70 Å². The molecule has 1 saturated heterocycles. The number of nitrogens with zero attached hydrogens (tertiary/aromatic N) is 4. The third-order valence-electron chi connectivity index (χ3n) is 5.56. The maximum absolute atomic E-state index is 13.0. The summed E-state index contributed by atoms with van der Waals surface area (Å²) >= 11 is 4.14. The first-order valence-electron chi connectivity index (χ1n) is 10.3. The Morgan fingerprint density at radius 1 is 1.40 bits per heavy atom. The van der Waals surface area contributed by atoms with Crippen LogP contribution in [0.5, 0.6) is 0 Å². The van der Waals surface area contributed by atoms with Gasteiger partial charge in [0.2, 0.25) is 5.52 Å². The molecule has 0 radical (unpaired) electrons. The van der Waals surface area contributed by atoms with Crippen LogP contribution in [-0.2, 0) is 25.8 Å². The molecular formula is C21H19N6O5S3+. The molecule has 0 saturated carbocycles. The number of fused-ring (bicyclic) bond motifs is 2. The number of nitrogens with two attached hydrogens (primary N) is 1. The molecular weight excluding hydrogens is 512 g/mol. The van der Waals surface area contributed by atoms with Gasteiger partial charge in [0.1, 0.15) is 29.9 Å². The molecule has 2 aliphatic rings. The standard InChI is InChI=1S/C21H18N6O5S3/c1-32-25-14(11-9-35-21(22)23-11)17(28)24-15-18(29)27-16(20(30)31)10(8-34-19(15)27)7-26-5-2-3-13-12(26)4-6-33-13/h2-6,9,15,19H,7-8H2,1H3,(H3-,22,23,24,28,30,31)/p+1/t15?,19-/m0/s1. The van der Waals surface area contributed by atoms with Gasteiger partial charge in [-0.15, -0.1) is 34.4 Å². The first kappa shape index (κ1) is 23.3. The minimum absolute atomic E-state index is 0.0398. The van der Waals surface area contributed by atoms with Crippen LogP contribution < -0.4 is 15.6 Å². The van der Waals surface area contributed by atoms with Crippen molar-refractivity contribution in [1.29, 1.82) is 0 Å². The molecule has 2 amide bonds. The number of carboxylic acids is 1. The van der Waals surface area contributed by atoms with Gasteiger partial charge in [-0.05, 0) is 11.4 Å². The van der Waals surface area contributed by atoms with E-state index in [4.69, 9.17) is 10.6 Å². The number of pyridine rings is 1. The minimum atomic E-state index is -1.18. The molecule has 0 spiro atoms. The van der Waals surface area contributed by atoms with Gasteiger partial charge in [-0.25, -0.2) is 9.78 Å². The molecule has 3 aromatic heterocycles. The lowest BCUT2D eigenvalue weighted by atomic mass is 10.0. The Morgan fingerprint density at radius 3 is 2.94 bits per heavy atom. The summed E-state index contributed by atoms with van der Waals surface area (Å²) in [5.74, 6) is -1.95. The number of thioether (sulfide) groups is 1. The Labute approximate surface area is 210 Å². The highest BCUT2D eigenvalue weighted by atomic mass is 32.2. The van der Waals surface area contributed by atoms with Crippen molar-refractivity contribution in [2.75, 3.05) is 18.6 Å². The van der Waals surface area contributed by atoms with Gasteiger partial charge in [0.15, 0.2) is 23.6 Å². The van der Waals surface area contributed by atoms with Crippen molar-refractivity contribution >= 4 is 73.3 Å². The lowest BCUT2D eigenvalue weighted by molar-refractivity contribution is -0.663. The number of aromatic nitrogens is 2. The SMILES string of the molecule is CON=C(C(=O)NC1C(=O)N2C(C(=O)O)=C(C[n+]3cccc4sccc43)CS[C@@H]12)c1csc(N)n1. The van der Waals surface area contributed by atoms with Crippen molar-refractivity contribution in [2.45, 2.75) is 18.0 Å². The number of thiazole rings is 1. The molecule has 14 heteroatoms. The number of aliphatic carboxylic acids is 1.